The predicted molar refractivity (Wildman–Crippen MR) is 99.9 cm³/mol. The summed E-state index contributed by atoms with van der Waals surface area (Å²) in [6.45, 7) is 9.05. The van der Waals surface area contributed by atoms with Gasteiger partial charge in [-0.1, -0.05) is 31.1 Å². The van der Waals surface area contributed by atoms with E-state index in [9.17, 15) is 9.18 Å². The van der Waals surface area contributed by atoms with E-state index in [4.69, 9.17) is 4.52 Å². The summed E-state index contributed by atoms with van der Waals surface area (Å²) >= 11 is 0. The zero-order valence-electron chi connectivity index (χ0n) is 15.9. The Hall–Kier alpha value is -2.96. The summed E-state index contributed by atoms with van der Waals surface area (Å²) in [5.74, 6) is -0.484. The number of carbonyl (C=O) groups is 1. The predicted octanol–water partition coefficient (Wildman–Crippen LogP) is 3.71. The lowest BCUT2D eigenvalue weighted by Crippen LogP contribution is -2.36. The lowest BCUT2D eigenvalue weighted by molar-refractivity contribution is 0.0908. The number of aryl methyl sites for hydroxylation is 1. The van der Waals surface area contributed by atoms with Gasteiger partial charge in [0, 0.05) is 35.8 Å². The summed E-state index contributed by atoms with van der Waals surface area (Å²) in [7, 11) is 0. The van der Waals surface area contributed by atoms with Gasteiger partial charge in [0.15, 0.2) is 0 Å². The second-order valence-electron chi connectivity index (χ2n) is 7.11. The minimum atomic E-state index is -0.356. The highest BCUT2D eigenvalue weighted by molar-refractivity contribution is 5.92. The van der Waals surface area contributed by atoms with Crippen LogP contribution in [0.1, 0.15) is 42.6 Å². The highest BCUT2D eigenvalue weighted by Crippen LogP contribution is 2.24. The molecule has 1 amide bonds. The molecule has 1 aromatic carbocycles. The molecule has 0 aliphatic rings. The first-order valence-corrected chi connectivity index (χ1v) is 8.85. The highest BCUT2D eigenvalue weighted by atomic mass is 19.1. The second kappa shape index (κ2) is 7.34. The van der Waals surface area contributed by atoms with Crippen LogP contribution in [-0.2, 0) is 12.0 Å². The van der Waals surface area contributed by atoms with E-state index < -0.39 is 0 Å². The number of hydrogen-bond acceptors (Lipinski definition) is 4. The first-order valence-electron chi connectivity index (χ1n) is 8.85. The standard InChI is InChI=1S/C20H23FN4O2/c1-5-25-13(2)16(11-23-25)17-10-18(27-24-17)19(26)22-12-20(3,4)14-6-8-15(21)9-7-14/h6-11H,5,12H2,1-4H3,(H,22,26). The lowest BCUT2D eigenvalue weighted by atomic mass is 9.84. The maximum absolute atomic E-state index is 13.1. The van der Waals surface area contributed by atoms with Gasteiger partial charge in [0.05, 0.1) is 6.20 Å². The van der Waals surface area contributed by atoms with E-state index in [0.29, 0.717) is 12.2 Å². The fourth-order valence-electron chi connectivity index (χ4n) is 2.92. The van der Waals surface area contributed by atoms with Gasteiger partial charge in [0.1, 0.15) is 11.5 Å². The molecule has 0 atom stereocenters. The molecular weight excluding hydrogens is 347 g/mol. The molecule has 0 fully saturated rings. The van der Waals surface area contributed by atoms with E-state index in [0.717, 1.165) is 23.4 Å². The van der Waals surface area contributed by atoms with Crippen molar-refractivity contribution in [2.75, 3.05) is 6.54 Å². The van der Waals surface area contributed by atoms with Gasteiger partial charge in [0.2, 0.25) is 5.76 Å². The van der Waals surface area contributed by atoms with Crippen molar-refractivity contribution in [3.63, 3.8) is 0 Å². The number of nitrogens with one attached hydrogen (secondary N) is 1. The zero-order chi connectivity index (χ0) is 19.6. The van der Waals surface area contributed by atoms with Crippen LogP contribution in [0.2, 0.25) is 0 Å². The molecule has 0 saturated heterocycles. The number of aromatic nitrogens is 3. The van der Waals surface area contributed by atoms with E-state index in [-0.39, 0.29) is 22.9 Å². The zero-order valence-corrected chi connectivity index (χ0v) is 15.9. The highest BCUT2D eigenvalue weighted by Gasteiger charge is 2.23. The molecule has 2 aromatic heterocycles. The van der Waals surface area contributed by atoms with E-state index in [1.807, 2.05) is 32.4 Å². The van der Waals surface area contributed by atoms with Gasteiger partial charge in [-0.3, -0.25) is 9.48 Å². The first-order chi connectivity index (χ1) is 12.8. The van der Waals surface area contributed by atoms with Crippen LogP contribution in [0.3, 0.4) is 0 Å². The van der Waals surface area contributed by atoms with Crippen LogP contribution in [0.15, 0.2) is 41.1 Å². The van der Waals surface area contributed by atoms with Crippen LogP contribution in [0.5, 0.6) is 0 Å². The van der Waals surface area contributed by atoms with E-state index in [1.54, 1.807) is 24.4 Å². The van der Waals surface area contributed by atoms with E-state index >= 15 is 0 Å². The third-order valence-corrected chi connectivity index (χ3v) is 4.73. The van der Waals surface area contributed by atoms with Crippen LogP contribution in [0.25, 0.3) is 11.3 Å². The van der Waals surface area contributed by atoms with Crippen molar-refractivity contribution in [1.29, 1.82) is 0 Å². The number of hydrogen-bond donors (Lipinski definition) is 1. The van der Waals surface area contributed by atoms with Gasteiger partial charge in [-0.15, -0.1) is 0 Å². The van der Waals surface area contributed by atoms with E-state index in [1.165, 1.54) is 12.1 Å². The van der Waals surface area contributed by atoms with Crippen molar-refractivity contribution in [3.05, 3.63) is 59.4 Å². The van der Waals surface area contributed by atoms with E-state index in [2.05, 4.69) is 15.6 Å². The number of amides is 1. The third kappa shape index (κ3) is 3.92. The van der Waals surface area contributed by atoms with Crippen LogP contribution in [-0.4, -0.2) is 27.4 Å². The van der Waals surface area contributed by atoms with Crippen molar-refractivity contribution in [2.24, 2.45) is 0 Å². The molecule has 7 heteroatoms. The van der Waals surface area contributed by atoms with Gasteiger partial charge < -0.3 is 9.84 Å². The van der Waals surface area contributed by atoms with Crippen molar-refractivity contribution in [1.82, 2.24) is 20.3 Å². The van der Waals surface area contributed by atoms with Gasteiger partial charge in [-0.05, 0) is 31.5 Å². The summed E-state index contributed by atoms with van der Waals surface area (Å²) < 4.78 is 20.2. The Morgan fingerprint density at radius 1 is 1.30 bits per heavy atom. The Balaban J connectivity index is 1.69. The molecule has 0 radical (unpaired) electrons. The Kier molecular flexibility index (Phi) is 5.12. The average Bonchev–Trinajstić information content (AvgIpc) is 3.26. The Bertz CT molecular complexity index is 941. The molecule has 0 bridgehead atoms. The maximum Gasteiger partial charge on any atom is 0.289 e. The Morgan fingerprint density at radius 3 is 2.63 bits per heavy atom. The molecule has 0 aliphatic carbocycles. The summed E-state index contributed by atoms with van der Waals surface area (Å²) in [5.41, 5.74) is 2.96. The summed E-state index contributed by atoms with van der Waals surface area (Å²) in [5, 5.41) is 11.1. The molecule has 6 nitrogen and oxygen atoms in total. The molecular formula is C20H23FN4O2. The maximum atomic E-state index is 13.1. The largest absolute Gasteiger partial charge is 0.350 e. The van der Waals surface area contributed by atoms with Gasteiger partial charge in [-0.2, -0.15) is 5.10 Å². The number of carbonyl (C=O) groups excluding carboxylic acids is 1. The summed E-state index contributed by atoms with van der Waals surface area (Å²) in [4.78, 5) is 12.4. The van der Waals surface area contributed by atoms with Gasteiger partial charge in [0.25, 0.3) is 5.91 Å². The SMILES string of the molecule is CCn1ncc(-c2cc(C(=O)NCC(C)(C)c3ccc(F)cc3)on2)c1C. The van der Waals surface area contributed by atoms with Crippen molar-refractivity contribution >= 4 is 5.91 Å². The molecule has 0 spiro atoms. The fourth-order valence-corrected chi connectivity index (χ4v) is 2.92. The number of benzene rings is 1. The fraction of sp³-hybridized carbons (Fsp3) is 0.350. The lowest BCUT2D eigenvalue weighted by Gasteiger charge is -2.25. The van der Waals surface area contributed by atoms with Crippen LogP contribution in [0.4, 0.5) is 4.39 Å². The minimum Gasteiger partial charge on any atom is -0.350 e. The summed E-state index contributed by atoms with van der Waals surface area (Å²) in [6, 6.07) is 7.90. The third-order valence-electron chi connectivity index (χ3n) is 4.73. The molecule has 1 N–H and O–H groups in total. The number of halogens is 1. The van der Waals surface area contributed by atoms with Crippen molar-refractivity contribution in [2.45, 2.75) is 39.7 Å². The molecule has 27 heavy (non-hydrogen) atoms. The van der Waals surface area contributed by atoms with Crippen LogP contribution < -0.4 is 5.32 Å². The van der Waals surface area contributed by atoms with Crippen LogP contribution >= 0.6 is 0 Å². The molecule has 0 saturated carbocycles. The minimum absolute atomic E-state index is 0.142. The van der Waals surface area contributed by atoms with Crippen molar-refractivity contribution < 1.29 is 13.7 Å². The van der Waals surface area contributed by atoms with Gasteiger partial charge >= 0.3 is 0 Å². The average molecular weight is 370 g/mol. The molecule has 0 unspecified atom stereocenters. The second-order valence-corrected chi connectivity index (χ2v) is 7.11. The number of rotatable bonds is 6. The molecule has 0 aliphatic heterocycles. The summed E-state index contributed by atoms with van der Waals surface area (Å²) in [6.07, 6.45) is 1.72. The molecule has 3 rings (SSSR count). The topological polar surface area (TPSA) is 73.0 Å². The Labute approximate surface area is 157 Å². The quantitative estimate of drug-likeness (QED) is 0.718. The molecule has 3 aromatic rings. The Morgan fingerprint density at radius 2 is 2.00 bits per heavy atom. The molecule has 2 heterocycles. The van der Waals surface area contributed by atoms with Gasteiger partial charge in [-0.25, -0.2) is 4.39 Å². The first kappa shape index (κ1) is 18.8. The smallest absolute Gasteiger partial charge is 0.289 e. The van der Waals surface area contributed by atoms with Crippen molar-refractivity contribution in [3.8, 4) is 11.3 Å². The monoisotopic (exact) mass is 370 g/mol. The number of nitrogens with zero attached hydrogens (tertiary/aromatic N) is 3. The normalized spacial score (nSPS) is 11.6. The molecule has 142 valence electrons. The van der Waals surface area contributed by atoms with Crippen LogP contribution in [0, 0.1) is 12.7 Å².